The fraction of sp³-hybridized carbons (Fsp3) is 0.188. The number of methoxy groups -OCH3 is 1. The van der Waals surface area contributed by atoms with Crippen LogP contribution in [0.15, 0.2) is 40.9 Å². The van der Waals surface area contributed by atoms with Gasteiger partial charge in [0.25, 0.3) is 0 Å². The van der Waals surface area contributed by atoms with Crippen LogP contribution in [0.4, 0.5) is 0 Å². The van der Waals surface area contributed by atoms with Crippen molar-refractivity contribution in [1.29, 1.82) is 0 Å². The molecular formula is C16H14BrClO2. The highest BCUT2D eigenvalue weighted by molar-refractivity contribution is 9.10. The number of carbonyl (C=O) groups excluding carboxylic acids is 1. The van der Waals surface area contributed by atoms with Crippen molar-refractivity contribution in [3.05, 3.63) is 62.6 Å². The van der Waals surface area contributed by atoms with E-state index in [1.807, 2.05) is 25.1 Å². The van der Waals surface area contributed by atoms with E-state index in [0.29, 0.717) is 17.0 Å². The van der Waals surface area contributed by atoms with E-state index in [0.717, 1.165) is 21.3 Å². The Kier molecular flexibility index (Phi) is 4.84. The molecule has 0 saturated carbocycles. The molecule has 0 aliphatic carbocycles. The standard InChI is InChI=1S/C16H14BrClO2/c1-10-3-6-16(20-2)12(7-10)9-15(19)11-4-5-14(18)13(17)8-11/h3-8H,9H2,1-2H3. The Hall–Kier alpha value is -1.32. The summed E-state index contributed by atoms with van der Waals surface area (Å²) in [5.74, 6) is 0.767. The van der Waals surface area contributed by atoms with Gasteiger partial charge in [-0.05, 0) is 47.1 Å². The molecule has 2 aromatic carbocycles. The topological polar surface area (TPSA) is 26.3 Å². The molecule has 104 valence electrons. The van der Waals surface area contributed by atoms with Gasteiger partial charge in [-0.2, -0.15) is 0 Å². The maximum Gasteiger partial charge on any atom is 0.167 e. The molecule has 0 spiro atoms. The smallest absolute Gasteiger partial charge is 0.167 e. The highest BCUT2D eigenvalue weighted by Gasteiger charge is 2.12. The summed E-state index contributed by atoms with van der Waals surface area (Å²) in [6, 6.07) is 11.0. The Morgan fingerprint density at radius 1 is 1.25 bits per heavy atom. The monoisotopic (exact) mass is 352 g/mol. The number of benzene rings is 2. The first-order valence-corrected chi connectivity index (χ1v) is 7.30. The van der Waals surface area contributed by atoms with Gasteiger partial charge in [-0.1, -0.05) is 29.3 Å². The van der Waals surface area contributed by atoms with E-state index in [4.69, 9.17) is 16.3 Å². The summed E-state index contributed by atoms with van der Waals surface area (Å²) in [7, 11) is 1.61. The summed E-state index contributed by atoms with van der Waals surface area (Å²) < 4.78 is 6.02. The van der Waals surface area contributed by atoms with Gasteiger partial charge in [0.05, 0.1) is 12.1 Å². The minimum atomic E-state index is 0.0336. The van der Waals surface area contributed by atoms with Gasteiger partial charge >= 0.3 is 0 Å². The highest BCUT2D eigenvalue weighted by atomic mass is 79.9. The number of ether oxygens (including phenoxy) is 1. The molecule has 0 saturated heterocycles. The second kappa shape index (κ2) is 6.42. The van der Waals surface area contributed by atoms with E-state index < -0.39 is 0 Å². The molecule has 0 bridgehead atoms. The van der Waals surface area contributed by atoms with Crippen molar-refractivity contribution in [3.8, 4) is 5.75 Å². The molecule has 2 nitrogen and oxygen atoms in total. The van der Waals surface area contributed by atoms with Crippen molar-refractivity contribution in [2.75, 3.05) is 7.11 Å². The lowest BCUT2D eigenvalue weighted by atomic mass is 10.0. The Balaban J connectivity index is 2.27. The summed E-state index contributed by atoms with van der Waals surface area (Å²) in [6.45, 7) is 1.99. The molecule has 2 rings (SSSR count). The Morgan fingerprint density at radius 2 is 2.00 bits per heavy atom. The summed E-state index contributed by atoms with van der Waals surface area (Å²) in [4.78, 5) is 12.3. The predicted molar refractivity (Wildman–Crippen MR) is 84.9 cm³/mol. The summed E-state index contributed by atoms with van der Waals surface area (Å²) in [5.41, 5.74) is 2.62. The van der Waals surface area contributed by atoms with E-state index in [1.54, 1.807) is 25.3 Å². The van der Waals surface area contributed by atoms with Crippen LogP contribution in [-0.2, 0) is 6.42 Å². The van der Waals surface area contributed by atoms with E-state index in [9.17, 15) is 4.79 Å². The van der Waals surface area contributed by atoms with Crippen molar-refractivity contribution in [2.45, 2.75) is 13.3 Å². The molecule has 0 N–H and O–H groups in total. The number of aryl methyl sites for hydroxylation is 1. The first-order valence-electron chi connectivity index (χ1n) is 6.13. The lowest BCUT2D eigenvalue weighted by Gasteiger charge is -2.09. The third kappa shape index (κ3) is 3.41. The zero-order chi connectivity index (χ0) is 14.7. The first kappa shape index (κ1) is 15.1. The quantitative estimate of drug-likeness (QED) is 0.735. The third-order valence-corrected chi connectivity index (χ3v) is 4.24. The SMILES string of the molecule is COc1ccc(C)cc1CC(=O)c1ccc(Cl)c(Br)c1. The van der Waals surface area contributed by atoms with Crippen LogP contribution in [0.1, 0.15) is 21.5 Å². The van der Waals surface area contributed by atoms with Gasteiger partial charge in [-0.3, -0.25) is 4.79 Å². The molecule has 0 heterocycles. The van der Waals surface area contributed by atoms with E-state index in [2.05, 4.69) is 15.9 Å². The fourth-order valence-electron chi connectivity index (χ4n) is 1.99. The molecule has 20 heavy (non-hydrogen) atoms. The van der Waals surface area contributed by atoms with Gasteiger partial charge < -0.3 is 4.74 Å². The first-order chi connectivity index (χ1) is 9.51. The maximum atomic E-state index is 12.3. The Morgan fingerprint density at radius 3 is 2.65 bits per heavy atom. The van der Waals surface area contributed by atoms with Crippen LogP contribution in [-0.4, -0.2) is 12.9 Å². The Bertz CT molecular complexity index is 653. The maximum absolute atomic E-state index is 12.3. The zero-order valence-corrected chi connectivity index (χ0v) is 13.6. The number of hydrogen-bond donors (Lipinski definition) is 0. The minimum absolute atomic E-state index is 0.0336. The van der Waals surface area contributed by atoms with Crippen LogP contribution in [0.3, 0.4) is 0 Å². The van der Waals surface area contributed by atoms with E-state index >= 15 is 0 Å². The average molecular weight is 354 g/mol. The van der Waals surface area contributed by atoms with Crippen molar-refractivity contribution < 1.29 is 9.53 Å². The number of hydrogen-bond acceptors (Lipinski definition) is 2. The second-order valence-corrected chi connectivity index (χ2v) is 5.81. The molecular weight excluding hydrogens is 340 g/mol. The largest absolute Gasteiger partial charge is 0.496 e. The number of rotatable bonds is 4. The van der Waals surface area contributed by atoms with Gasteiger partial charge in [-0.15, -0.1) is 0 Å². The van der Waals surface area contributed by atoms with Gasteiger partial charge in [0, 0.05) is 22.0 Å². The van der Waals surface area contributed by atoms with Gasteiger partial charge in [0.2, 0.25) is 0 Å². The van der Waals surface area contributed by atoms with Crippen molar-refractivity contribution in [3.63, 3.8) is 0 Å². The van der Waals surface area contributed by atoms with Crippen LogP contribution in [0.5, 0.6) is 5.75 Å². The molecule has 0 atom stereocenters. The fourth-order valence-corrected chi connectivity index (χ4v) is 2.49. The molecule has 0 fully saturated rings. The van der Waals surface area contributed by atoms with Gasteiger partial charge in [0.15, 0.2) is 5.78 Å². The molecule has 0 unspecified atom stereocenters. The molecule has 0 radical (unpaired) electrons. The molecule has 0 aromatic heterocycles. The molecule has 4 heteroatoms. The van der Waals surface area contributed by atoms with Crippen molar-refractivity contribution in [1.82, 2.24) is 0 Å². The van der Waals surface area contributed by atoms with Crippen molar-refractivity contribution >= 4 is 33.3 Å². The van der Waals surface area contributed by atoms with Crippen LogP contribution >= 0.6 is 27.5 Å². The highest BCUT2D eigenvalue weighted by Crippen LogP contribution is 2.25. The molecule has 0 aliphatic heterocycles. The van der Waals surface area contributed by atoms with Crippen molar-refractivity contribution in [2.24, 2.45) is 0 Å². The number of carbonyl (C=O) groups is 1. The number of ketones is 1. The normalized spacial score (nSPS) is 10.4. The zero-order valence-electron chi connectivity index (χ0n) is 11.2. The Labute approximate surface area is 131 Å². The molecule has 0 amide bonds. The van der Waals surface area contributed by atoms with Gasteiger partial charge in [0.1, 0.15) is 5.75 Å². The number of halogens is 2. The summed E-state index contributed by atoms with van der Waals surface area (Å²) in [6.07, 6.45) is 0.304. The lowest BCUT2D eigenvalue weighted by molar-refractivity contribution is 0.0992. The predicted octanol–water partition coefficient (Wildman–Crippen LogP) is 4.84. The van der Waals surface area contributed by atoms with Crippen LogP contribution in [0.2, 0.25) is 5.02 Å². The lowest BCUT2D eigenvalue weighted by Crippen LogP contribution is -2.05. The molecule has 0 aliphatic rings. The molecule has 2 aromatic rings. The van der Waals surface area contributed by atoms with E-state index in [1.165, 1.54) is 0 Å². The van der Waals surface area contributed by atoms with Gasteiger partial charge in [-0.25, -0.2) is 0 Å². The second-order valence-electron chi connectivity index (χ2n) is 4.54. The minimum Gasteiger partial charge on any atom is -0.496 e. The third-order valence-electron chi connectivity index (χ3n) is 3.03. The number of Topliss-reactive ketones (excluding diaryl/α,β-unsaturated/α-hetero) is 1. The van der Waals surface area contributed by atoms with Crippen LogP contribution in [0.25, 0.3) is 0 Å². The summed E-state index contributed by atoms with van der Waals surface area (Å²) >= 11 is 9.27. The summed E-state index contributed by atoms with van der Waals surface area (Å²) in [5, 5.41) is 0.592. The van der Waals surface area contributed by atoms with Crippen LogP contribution in [0, 0.1) is 6.92 Å². The van der Waals surface area contributed by atoms with Crippen LogP contribution < -0.4 is 4.74 Å². The van der Waals surface area contributed by atoms with E-state index in [-0.39, 0.29) is 5.78 Å². The average Bonchev–Trinajstić information content (AvgIpc) is 2.42.